The van der Waals surface area contributed by atoms with Gasteiger partial charge in [0.05, 0.1) is 43.4 Å². The molecule has 1 saturated heterocycles. The maximum Gasteiger partial charge on any atom is 0.407 e. The Balaban J connectivity index is 1.86. The summed E-state index contributed by atoms with van der Waals surface area (Å²) in [6, 6.07) is 16.7. The maximum atomic E-state index is 13.8. The predicted molar refractivity (Wildman–Crippen MR) is 149 cm³/mol. The van der Waals surface area contributed by atoms with Crippen molar-refractivity contribution in [1.29, 1.82) is 5.26 Å². The Morgan fingerprint density at radius 3 is 2.52 bits per heavy atom. The van der Waals surface area contributed by atoms with Crippen LogP contribution in [-0.2, 0) is 25.9 Å². The Morgan fingerprint density at radius 1 is 1.20 bits per heavy atom. The lowest BCUT2D eigenvalue weighted by Crippen LogP contribution is -2.51. The number of nitrogens with one attached hydrogen (secondary N) is 1. The van der Waals surface area contributed by atoms with Gasteiger partial charge in [0.25, 0.3) is 0 Å². The quantitative estimate of drug-likeness (QED) is 0.330. The predicted octanol–water partition coefficient (Wildman–Crippen LogP) is 3.50. The minimum atomic E-state index is -4.03. The van der Waals surface area contributed by atoms with Crippen LogP contribution in [0, 0.1) is 17.2 Å². The highest BCUT2D eigenvalue weighted by molar-refractivity contribution is 7.89. The Morgan fingerprint density at radius 2 is 1.93 bits per heavy atom. The van der Waals surface area contributed by atoms with E-state index in [-0.39, 0.29) is 36.4 Å². The highest BCUT2D eigenvalue weighted by Gasteiger charge is 2.33. The van der Waals surface area contributed by atoms with Gasteiger partial charge in [0.2, 0.25) is 10.0 Å². The summed E-state index contributed by atoms with van der Waals surface area (Å²) in [6.07, 6.45) is 0.0233. The standard InChI is InChI=1S/C29H39N3O7S/c1-3-22(10-7-16-30)19-32(40(35,36)26-13-11-24(37-2)12-14-26)20-28(33)27(18-23-8-5-4-6-9-23)31-29(34)39-25-15-17-38-21-25/h4-6,8-9,11-14,22,25,27-28,33H,3,7,10,15,17-21H2,1-2H3,(H,31,34)/t22?,25?,27-,28?/m0/s1. The number of ether oxygens (including phenoxy) is 3. The number of alkyl carbamates (subject to hydrolysis) is 1. The average molecular weight is 574 g/mol. The van der Waals surface area contributed by atoms with Crippen molar-refractivity contribution in [3.05, 3.63) is 60.2 Å². The zero-order valence-corrected chi connectivity index (χ0v) is 23.9. The first-order valence-electron chi connectivity index (χ1n) is 13.5. The molecule has 3 rings (SSSR count). The SMILES string of the molecule is CCC(CCC#N)CN(CC(O)[C@H](Cc1ccccc1)NC(=O)OC1CCOC1)S(=O)(=O)c1ccc(OC)cc1. The normalized spacial score (nSPS) is 17.5. The lowest BCUT2D eigenvalue weighted by Gasteiger charge is -2.31. The zero-order chi connectivity index (χ0) is 29.0. The van der Waals surface area contributed by atoms with Crippen LogP contribution in [0.25, 0.3) is 0 Å². The maximum absolute atomic E-state index is 13.8. The number of hydrogen-bond acceptors (Lipinski definition) is 8. The van der Waals surface area contributed by atoms with Crippen molar-refractivity contribution in [3.63, 3.8) is 0 Å². The molecule has 0 spiro atoms. The smallest absolute Gasteiger partial charge is 0.407 e. The zero-order valence-electron chi connectivity index (χ0n) is 23.1. The number of benzene rings is 2. The summed E-state index contributed by atoms with van der Waals surface area (Å²) in [5, 5.41) is 23.3. The molecule has 2 N–H and O–H groups in total. The summed E-state index contributed by atoms with van der Waals surface area (Å²) in [4.78, 5) is 12.8. The molecule has 0 aliphatic carbocycles. The van der Waals surface area contributed by atoms with Gasteiger partial charge in [-0.3, -0.25) is 0 Å². The molecule has 40 heavy (non-hydrogen) atoms. The fourth-order valence-corrected chi connectivity index (χ4v) is 6.11. The van der Waals surface area contributed by atoms with E-state index in [9.17, 15) is 18.3 Å². The van der Waals surface area contributed by atoms with Gasteiger partial charge in [0.15, 0.2) is 0 Å². The number of rotatable bonds is 15. The Hall–Kier alpha value is -3.17. The van der Waals surface area contributed by atoms with Crippen LogP contribution in [0.15, 0.2) is 59.5 Å². The minimum absolute atomic E-state index is 0.0591. The fourth-order valence-electron chi connectivity index (χ4n) is 4.58. The molecule has 1 heterocycles. The monoisotopic (exact) mass is 573 g/mol. The number of carbonyl (C=O) groups excluding carboxylic acids is 1. The first-order valence-corrected chi connectivity index (χ1v) is 15.0. The molecular formula is C29H39N3O7S. The Kier molecular flexibility index (Phi) is 12.2. The van der Waals surface area contributed by atoms with Crippen LogP contribution in [0.5, 0.6) is 5.75 Å². The van der Waals surface area contributed by atoms with Crippen molar-refractivity contribution < 1.29 is 32.5 Å². The van der Waals surface area contributed by atoms with E-state index in [0.29, 0.717) is 44.6 Å². The van der Waals surface area contributed by atoms with Crippen LogP contribution in [0.1, 0.15) is 38.2 Å². The summed E-state index contributed by atoms with van der Waals surface area (Å²) in [6.45, 7) is 2.62. The van der Waals surface area contributed by atoms with Gasteiger partial charge in [-0.15, -0.1) is 0 Å². The molecule has 4 atom stereocenters. The van der Waals surface area contributed by atoms with E-state index in [1.807, 2.05) is 37.3 Å². The van der Waals surface area contributed by atoms with Crippen LogP contribution in [0.3, 0.4) is 0 Å². The highest BCUT2D eigenvalue weighted by atomic mass is 32.2. The van der Waals surface area contributed by atoms with Crippen LogP contribution in [-0.4, -0.2) is 75.6 Å². The van der Waals surface area contributed by atoms with Crippen molar-refractivity contribution in [3.8, 4) is 11.8 Å². The molecule has 218 valence electrons. The van der Waals surface area contributed by atoms with E-state index < -0.39 is 28.3 Å². The third-order valence-electron chi connectivity index (χ3n) is 7.02. The third-order valence-corrected chi connectivity index (χ3v) is 8.87. The number of hydrogen-bond donors (Lipinski definition) is 2. The van der Waals surface area contributed by atoms with Gasteiger partial charge in [0, 0.05) is 25.9 Å². The fraction of sp³-hybridized carbons (Fsp3) is 0.517. The molecule has 2 aromatic carbocycles. The summed E-state index contributed by atoms with van der Waals surface area (Å²) < 4.78 is 44.8. The molecule has 1 amide bonds. The highest BCUT2D eigenvalue weighted by Crippen LogP contribution is 2.24. The van der Waals surface area contributed by atoms with Gasteiger partial charge >= 0.3 is 6.09 Å². The molecule has 2 aromatic rings. The topological polar surface area (TPSA) is 138 Å². The van der Waals surface area contributed by atoms with Gasteiger partial charge in [-0.25, -0.2) is 13.2 Å². The molecule has 1 aliphatic rings. The summed E-state index contributed by atoms with van der Waals surface area (Å²) in [5.74, 6) is 0.428. The molecule has 0 radical (unpaired) electrons. The minimum Gasteiger partial charge on any atom is -0.497 e. The second-order valence-corrected chi connectivity index (χ2v) is 11.8. The molecule has 1 fully saturated rings. The van der Waals surface area contributed by atoms with Gasteiger partial charge in [-0.1, -0.05) is 43.7 Å². The average Bonchev–Trinajstić information content (AvgIpc) is 3.47. The molecule has 10 nitrogen and oxygen atoms in total. The second kappa shape index (κ2) is 15.6. The molecule has 0 bridgehead atoms. The number of carbonyl (C=O) groups is 1. The van der Waals surface area contributed by atoms with Crippen molar-refractivity contribution in [2.24, 2.45) is 5.92 Å². The van der Waals surface area contributed by atoms with Crippen molar-refractivity contribution in [2.75, 3.05) is 33.4 Å². The first kappa shape index (κ1) is 31.4. The summed E-state index contributed by atoms with van der Waals surface area (Å²) >= 11 is 0. The Labute approximate surface area is 236 Å². The van der Waals surface area contributed by atoms with Gasteiger partial charge < -0.3 is 24.6 Å². The molecule has 1 aliphatic heterocycles. The molecular weight excluding hydrogens is 534 g/mol. The number of sulfonamides is 1. The molecule has 3 unspecified atom stereocenters. The number of nitriles is 1. The van der Waals surface area contributed by atoms with Crippen LogP contribution in [0.2, 0.25) is 0 Å². The Bertz CT molecular complexity index is 1200. The van der Waals surface area contributed by atoms with E-state index in [0.717, 1.165) is 5.56 Å². The van der Waals surface area contributed by atoms with Gasteiger partial charge in [-0.2, -0.15) is 9.57 Å². The molecule has 0 saturated carbocycles. The number of amides is 1. The summed E-state index contributed by atoms with van der Waals surface area (Å²) in [7, 11) is -2.53. The van der Waals surface area contributed by atoms with E-state index in [1.54, 1.807) is 12.1 Å². The number of methoxy groups -OCH3 is 1. The summed E-state index contributed by atoms with van der Waals surface area (Å²) in [5.41, 5.74) is 0.862. The van der Waals surface area contributed by atoms with Crippen LogP contribution >= 0.6 is 0 Å². The van der Waals surface area contributed by atoms with E-state index in [4.69, 9.17) is 19.5 Å². The number of aliphatic hydroxyl groups excluding tert-OH is 1. The van der Waals surface area contributed by atoms with E-state index >= 15 is 0 Å². The molecule has 0 aromatic heterocycles. The van der Waals surface area contributed by atoms with Crippen LogP contribution < -0.4 is 10.1 Å². The van der Waals surface area contributed by atoms with E-state index in [2.05, 4.69) is 11.4 Å². The van der Waals surface area contributed by atoms with Crippen molar-refractivity contribution in [1.82, 2.24) is 9.62 Å². The second-order valence-electron chi connectivity index (χ2n) is 9.87. The first-order chi connectivity index (χ1) is 19.3. The third kappa shape index (κ3) is 9.20. The largest absolute Gasteiger partial charge is 0.497 e. The number of nitrogens with zero attached hydrogens (tertiary/aromatic N) is 2. The van der Waals surface area contributed by atoms with Crippen LogP contribution in [0.4, 0.5) is 4.79 Å². The number of aliphatic hydroxyl groups is 1. The van der Waals surface area contributed by atoms with Gasteiger partial charge in [0.1, 0.15) is 11.9 Å². The van der Waals surface area contributed by atoms with Gasteiger partial charge in [-0.05, 0) is 48.6 Å². The molecule has 11 heteroatoms. The van der Waals surface area contributed by atoms with E-state index in [1.165, 1.54) is 23.5 Å². The van der Waals surface area contributed by atoms with Crippen molar-refractivity contribution in [2.45, 2.75) is 62.2 Å². The lowest BCUT2D eigenvalue weighted by atomic mass is 9.99. The van der Waals surface area contributed by atoms with Crippen molar-refractivity contribution >= 4 is 16.1 Å². The lowest BCUT2D eigenvalue weighted by molar-refractivity contribution is 0.0640.